The number of benzene rings is 2. The molecule has 3 aromatic rings. The molecule has 0 unspecified atom stereocenters. The highest BCUT2D eigenvalue weighted by molar-refractivity contribution is 5.94. The van der Waals surface area contributed by atoms with Crippen LogP contribution in [0.15, 0.2) is 59.0 Å². The fourth-order valence-corrected chi connectivity index (χ4v) is 3.81. The van der Waals surface area contributed by atoms with Crippen molar-refractivity contribution in [2.45, 2.75) is 32.7 Å². The Morgan fingerprint density at radius 3 is 2.50 bits per heavy atom. The summed E-state index contributed by atoms with van der Waals surface area (Å²) in [5.74, 6) is 0.347. The van der Waals surface area contributed by atoms with E-state index in [-0.39, 0.29) is 30.5 Å². The van der Waals surface area contributed by atoms with Crippen molar-refractivity contribution in [1.29, 1.82) is 0 Å². The van der Waals surface area contributed by atoms with Crippen molar-refractivity contribution in [1.82, 2.24) is 4.90 Å². The van der Waals surface area contributed by atoms with Crippen LogP contribution < -0.4 is 5.32 Å². The third-order valence-electron chi connectivity index (χ3n) is 5.56. The zero-order valence-corrected chi connectivity index (χ0v) is 18.8. The average Bonchev–Trinajstić information content (AvgIpc) is 3.27. The molecule has 0 radical (unpaired) electrons. The van der Waals surface area contributed by atoms with Gasteiger partial charge in [0.05, 0.1) is 13.0 Å². The standard InChI is InChI=1S/C26H25FN2O5/c1-2-33-25(31)12-11-24(30)28-21-9-5-17(6-10-21)23-15-19-16-29(14-13-22(19)34-23)26(32)18-3-7-20(27)8-4-18/h3-10,15H,2,11-14,16H2,1H3,(H,28,30). The molecular weight excluding hydrogens is 439 g/mol. The molecule has 2 heterocycles. The van der Waals surface area contributed by atoms with Crippen molar-refractivity contribution in [3.05, 3.63) is 77.3 Å². The highest BCUT2D eigenvalue weighted by Gasteiger charge is 2.25. The second-order valence-electron chi connectivity index (χ2n) is 7.97. The summed E-state index contributed by atoms with van der Waals surface area (Å²) in [6, 6.07) is 14.7. The molecule has 0 saturated carbocycles. The lowest BCUT2D eigenvalue weighted by Crippen LogP contribution is -2.35. The van der Waals surface area contributed by atoms with Gasteiger partial charge in [0.1, 0.15) is 17.3 Å². The van der Waals surface area contributed by atoms with E-state index in [1.54, 1.807) is 24.0 Å². The van der Waals surface area contributed by atoms with Gasteiger partial charge in [-0.15, -0.1) is 0 Å². The van der Waals surface area contributed by atoms with Gasteiger partial charge >= 0.3 is 5.97 Å². The topological polar surface area (TPSA) is 88.8 Å². The third-order valence-corrected chi connectivity index (χ3v) is 5.56. The zero-order chi connectivity index (χ0) is 24.1. The molecule has 0 bridgehead atoms. The lowest BCUT2D eigenvalue weighted by atomic mass is 10.1. The molecule has 0 aliphatic carbocycles. The Hall–Kier alpha value is -3.94. The van der Waals surface area contributed by atoms with Crippen LogP contribution in [0.4, 0.5) is 10.1 Å². The molecule has 1 aliphatic rings. The smallest absolute Gasteiger partial charge is 0.306 e. The second kappa shape index (κ2) is 10.3. The summed E-state index contributed by atoms with van der Waals surface area (Å²) in [5.41, 5.74) is 2.85. The van der Waals surface area contributed by atoms with Gasteiger partial charge in [0.2, 0.25) is 5.91 Å². The van der Waals surface area contributed by atoms with E-state index in [1.807, 2.05) is 18.2 Å². The van der Waals surface area contributed by atoms with Crippen LogP contribution in [0.5, 0.6) is 0 Å². The highest BCUT2D eigenvalue weighted by atomic mass is 19.1. The summed E-state index contributed by atoms with van der Waals surface area (Å²) in [7, 11) is 0. The van der Waals surface area contributed by atoms with E-state index < -0.39 is 5.97 Å². The van der Waals surface area contributed by atoms with Crippen LogP contribution in [0.3, 0.4) is 0 Å². The van der Waals surface area contributed by atoms with Crippen LogP contribution in [0, 0.1) is 5.82 Å². The number of hydrogen-bond acceptors (Lipinski definition) is 5. The summed E-state index contributed by atoms with van der Waals surface area (Å²) in [6.45, 7) is 2.95. The second-order valence-corrected chi connectivity index (χ2v) is 7.97. The maximum Gasteiger partial charge on any atom is 0.306 e. The molecule has 1 aromatic heterocycles. The number of rotatable bonds is 7. The molecule has 176 valence electrons. The van der Waals surface area contributed by atoms with Crippen LogP contribution in [0.2, 0.25) is 0 Å². The van der Waals surface area contributed by atoms with E-state index in [4.69, 9.17) is 9.15 Å². The molecule has 4 rings (SSSR count). The maximum atomic E-state index is 13.2. The van der Waals surface area contributed by atoms with Gasteiger partial charge in [0.15, 0.2) is 0 Å². The molecule has 2 amide bonds. The number of furan rings is 1. The summed E-state index contributed by atoms with van der Waals surface area (Å²) >= 11 is 0. The first-order valence-electron chi connectivity index (χ1n) is 11.1. The van der Waals surface area contributed by atoms with Gasteiger partial charge in [-0.2, -0.15) is 0 Å². The highest BCUT2D eigenvalue weighted by Crippen LogP contribution is 2.30. The number of carbonyl (C=O) groups is 3. The van der Waals surface area contributed by atoms with E-state index in [0.717, 1.165) is 16.9 Å². The predicted octanol–water partition coefficient (Wildman–Crippen LogP) is 4.57. The van der Waals surface area contributed by atoms with Crippen LogP contribution in [-0.4, -0.2) is 35.8 Å². The molecule has 1 N–H and O–H groups in total. The van der Waals surface area contributed by atoms with Crippen molar-refractivity contribution in [3.8, 4) is 11.3 Å². The minimum Gasteiger partial charge on any atom is -0.466 e. The SMILES string of the molecule is CCOC(=O)CCC(=O)Nc1ccc(-c2cc3c(o2)CCN(C(=O)c2ccc(F)cc2)C3)cc1. The number of esters is 1. The first kappa shape index (κ1) is 23.2. The first-order chi connectivity index (χ1) is 16.4. The van der Waals surface area contributed by atoms with Gasteiger partial charge in [-0.3, -0.25) is 14.4 Å². The number of ether oxygens (including phenoxy) is 1. The number of anilines is 1. The Morgan fingerprint density at radius 2 is 1.79 bits per heavy atom. The monoisotopic (exact) mass is 464 g/mol. The molecule has 7 nitrogen and oxygen atoms in total. The number of halogens is 1. The minimum absolute atomic E-state index is 0.0381. The summed E-state index contributed by atoms with van der Waals surface area (Å²) < 4.78 is 24.0. The van der Waals surface area contributed by atoms with Gasteiger partial charge in [0.25, 0.3) is 5.91 Å². The van der Waals surface area contributed by atoms with Gasteiger partial charge in [-0.1, -0.05) is 0 Å². The minimum atomic E-state index is -0.396. The number of nitrogens with zero attached hydrogens (tertiary/aromatic N) is 1. The van der Waals surface area contributed by atoms with Crippen LogP contribution in [0.25, 0.3) is 11.3 Å². The zero-order valence-electron chi connectivity index (χ0n) is 18.8. The van der Waals surface area contributed by atoms with Gasteiger partial charge in [0, 0.05) is 48.3 Å². The fourth-order valence-electron chi connectivity index (χ4n) is 3.81. The molecule has 0 spiro atoms. The van der Waals surface area contributed by atoms with E-state index in [1.165, 1.54) is 24.3 Å². The Balaban J connectivity index is 1.37. The van der Waals surface area contributed by atoms with E-state index in [2.05, 4.69) is 5.32 Å². The van der Waals surface area contributed by atoms with Crippen LogP contribution in [0.1, 0.15) is 41.4 Å². The molecule has 0 saturated heterocycles. The normalized spacial score (nSPS) is 12.7. The summed E-state index contributed by atoms with van der Waals surface area (Å²) in [4.78, 5) is 37.9. The number of carbonyl (C=O) groups excluding carboxylic acids is 3. The molecule has 8 heteroatoms. The van der Waals surface area contributed by atoms with Crippen molar-refractivity contribution >= 4 is 23.5 Å². The van der Waals surface area contributed by atoms with Crippen molar-refractivity contribution in [2.75, 3.05) is 18.5 Å². The van der Waals surface area contributed by atoms with Crippen LogP contribution >= 0.6 is 0 Å². The summed E-state index contributed by atoms with van der Waals surface area (Å²) in [6.07, 6.45) is 0.686. The lowest BCUT2D eigenvalue weighted by molar-refractivity contribution is -0.144. The largest absolute Gasteiger partial charge is 0.466 e. The molecule has 34 heavy (non-hydrogen) atoms. The lowest BCUT2D eigenvalue weighted by Gasteiger charge is -2.26. The van der Waals surface area contributed by atoms with E-state index >= 15 is 0 Å². The van der Waals surface area contributed by atoms with E-state index in [9.17, 15) is 18.8 Å². The Bertz CT molecular complexity index is 1180. The number of amides is 2. The maximum absolute atomic E-state index is 13.2. The summed E-state index contributed by atoms with van der Waals surface area (Å²) in [5, 5.41) is 2.76. The number of hydrogen-bond donors (Lipinski definition) is 1. The first-order valence-corrected chi connectivity index (χ1v) is 11.1. The fraction of sp³-hybridized carbons (Fsp3) is 0.269. The predicted molar refractivity (Wildman–Crippen MR) is 123 cm³/mol. The third kappa shape index (κ3) is 5.51. The van der Waals surface area contributed by atoms with E-state index in [0.29, 0.717) is 43.1 Å². The Labute approximate surface area is 196 Å². The quantitative estimate of drug-likeness (QED) is 0.518. The Morgan fingerprint density at radius 1 is 1.06 bits per heavy atom. The van der Waals surface area contributed by atoms with Gasteiger partial charge in [-0.05, 0) is 61.5 Å². The molecule has 1 aliphatic heterocycles. The average molecular weight is 464 g/mol. The number of fused-ring (bicyclic) bond motifs is 1. The molecule has 0 fully saturated rings. The van der Waals surface area contributed by atoms with Crippen molar-refractivity contribution in [2.24, 2.45) is 0 Å². The van der Waals surface area contributed by atoms with Crippen molar-refractivity contribution in [3.63, 3.8) is 0 Å². The van der Waals surface area contributed by atoms with Crippen LogP contribution in [-0.2, 0) is 27.3 Å². The Kier molecular flexibility index (Phi) is 7.06. The molecule has 2 aromatic carbocycles. The van der Waals surface area contributed by atoms with Gasteiger partial charge in [-0.25, -0.2) is 4.39 Å². The molecule has 0 atom stereocenters. The van der Waals surface area contributed by atoms with Crippen molar-refractivity contribution < 1.29 is 27.9 Å². The molecular formula is C26H25FN2O5. The number of nitrogens with one attached hydrogen (secondary N) is 1. The van der Waals surface area contributed by atoms with Gasteiger partial charge < -0.3 is 19.4 Å².